The van der Waals surface area contributed by atoms with Crippen molar-refractivity contribution in [3.63, 3.8) is 0 Å². The largest absolute Gasteiger partial charge is 0.465 e. The number of rotatable bonds is 8. The number of Topliss-reactive ketones (excluding diaryl/α,β-unsaturated/α-hetero) is 1. The van der Waals surface area contributed by atoms with E-state index in [0.717, 1.165) is 49.8 Å². The van der Waals surface area contributed by atoms with Crippen LogP contribution in [0.3, 0.4) is 0 Å². The summed E-state index contributed by atoms with van der Waals surface area (Å²) < 4.78 is 5.16. The Kier molecular flexibility index (Phi) is 7.44. The van der Waals surface area contributed by atoms with E-state index in [-0.39, 0.29) is 17.7 Å². The van der Waals surface area contributed by atoms with Gasteiger partial charge in [0, 0.05) is 24.3 Å². The van der Waals surface area contributed by atoms with Gasteiger partial charge in [-0.25, -0.2) is 0 Å². The van der Waals surface area contributed by atoms with Gasteiger partial charge in [-0.1, -0.05) is 31.2 Å². The Morgan fingerprint density at radius 2 is 1.79 bits per heavy atom. The molecule has 2 rings (SSSR count). The first-order valence-electron chi connectivity index (χ1n) is 9.12. The summed E-state index contributed by atoms with van der Waals surface area (Å²) in [4.78, 5) is 23.9. The van der Waals surface area contributed by atoms with Crippen LogP contribution in [0.15, 0.2) is 24.3 Å². The molecule has 0 aliphatic heterocycles. The molecule has 1 saturated carbocycles. The smallest absolute Gasteiger partial charge is 0.305 e. The summed E-state index contributed by atoms with van der Waals surface area (Å²) in [5.74, 6) is 0.851. The van der Waals surface area contributed by atoms with Gasteiger partial charge in [0.05, 0.1) is 6.61 Å². The van der Waals surface area contributed by atoms with Crippen LogP contribution in [0.4, 0.5) is 0 Å². The van der Waals surface area contributed by atoms with E-state index in [4.69, 9.17) is 10.5 Å². The van der Waals surface area contributed by atoms with Crippen LogP contribution in [0, 0.1) is 11.8 Å². The highest BCUT2D eigenvalue weighted by Gasteiger charge is 2.26. The summed E-state index contributed by atoms with van der Waals surface area (Å²) in [5.41, 5.74) is 7.59. The molecule has 132 valence electrons. The quantitative estimate of drug-likeness (QED) is 0.584. The predicted molar refractivity (Wildman–Crippen MR) is 94.8 cm³/mol. The SMILES string of the molecule is CCCC(=O)OCCc1ccc(C(=O)C2CCC(CN)CC2)cc1. The number of nitrogens with two attached hydrogens (primary N) is 1. The number of hydrogen-bond donors (Lipinski definition) is 1. The molecule has 0 bridgehead atoms. The average molecular weight is 331 g/mol. The van der Waals surface area contributed by atoms with Gasteiger partial charge in [0.1, 0.15) is 0 Å². The molecule has 1 aromatic carbocycles. The molecule has 0 heterocycles. The molecule has 0 unspecified atom stereocenters. The minimum Gasteiger partial charge on any atom is -0.465 e. The van der Waals surface area contributed by atoms with Crippen LogP contribution < -0.4 is 5.73 Å². The minimum atomic E-state index is -0.141. The molecule has 0 saturated heterocycles. The van der Waals surface area contributed by atoms with Crippen LogP contribution in [-0.2, 0) is 16.0 Å². The van der Waals surface area contributed by atoms with Gasteiger partial charge in [-0.3, -0.25) is 9.59 Å². The van der Waals surface area contributed by atoms with Crippen LogP contribution in [0.2, 0.25) is 0 Å². The Labute approximate surface area is 144 Å². The molecular weight excluding hydrogens is 302 g/mol. The Hall–Kier alpha value is -1.68. The minimum absolute atomic E-state index is 0.141. The molecule has 0 radical (unpaired) electrons. The van der Waals surface area contributed by atoms with Crippen molar-refractivity contribution in [1.82, 2.24) is 0 Å². The summed E-state index contributed by atoms with van der Waals surface area (Å²) in [6.07, 6.45) is 6.00. The second-order valence-corrected chi connectivity index (χ2v) is 6.73. The van der Waals surface area contributed by atoms with E-state index in [1.165, 1.54) is 0 Å². The molecule has 1 aliphatic rings. The van der Waals surface area contributed by atoms with Crippen molar-refractivity contribution in [2.45, 2.75) is 51.9 Å². The normalized spacial score (nSPS) is 20.6. The number of ketones is 1. The van der Waals surface area contributed by atoms with E-state index < -0.39 is 0 Å². The monoisotopic (exact) mass is 331 g/mol. The van der Waals surface area contributed by atoms with Crippen LogP contribution in [0.25, 0.3) is 0 Å². The lowest BCUT2D eigenvalue weighted by Gasteiger charge is -2.26. The number of carbonyl (C=O) groups excluding carboxylic acids is 2. The summed E-state index contributed by atoms with van der Waals surface area (Å²) in [7, 11) is 0. The van der Waals surface area contributed by atoms with Crippen LogP contribution in [0.5, 0.6) is 0 Å². The second-order valence-electron chi connectivity index (χ2n) is 6.73. The maximum Gasteiger partial charge on any atom is 0.305 e. The highest BCUT2D eigenvalue weighted by Crippen LogP contribution is 2.30. The van der Waals surface area contributed by atoms with Gasteiger partial charge in [0.15, 0.2) is 5.78 Å². The van der Waals surface area contributed by atoms with Crippen molar-refractivity contribution >= 4 is 11.8 Å². The zero-order valence-electron chi connectivity index (χ0n) is 14.6. The van der Waals surface area contributed by atoms with E-state index in [0.29, 0.717) is 25.4 Å². The van der Waals surface area contributed by atoms with E-state index in [9.17, 15) is 9.59 Å². The van der Waals surface area contributed by atoms with Gasteiger partial charge in [0.2, 0.25) is 0 Å². The molecular formula is C20H29NO3. The number of esters is 1. The van der Waals surface area contributed by atoms with Gasteiger partial charge >= 0.3 is 5.97 Å². The van der Waals surface area contributed by atoms with Gasteiger partial charge < -0.3 is 10.5 Å². The molecule has 4 nitrogen and oxygen atoms in total. The molecule has 2 N–H and O–H groups in total. The lowest BCUT2D eigenvalue weighted by Crippen LogP contribution is -2.25. The molecule has 1 aliphatic carbocycles. The first-order chi connectivity index (χ1) is 11.6. The maximum absolute atomic E-state index is 12.6. The number of hydrogen-bond acceptors (Lipinski definition) is 4. The molecule has 4 heteroatoms. The third-order valence-electron chi connectivity index (χ3n) is 4.90. The van der Waals surface area contributed by atoms with Crippen molar-refractivity contribution in [3.05, 3.63) is 35.4 Å². The van der Waals surface area contributed by atoms with Crippen LogP contribution in [-0.4, -0.2) is 24.9 Å². The van der Waals surface area contributed by atoms with E-state index >= 15 is 0 Å². The molecule has 0 spiro atoms. The van der Waals surface area contributed by atoms with Crippen molar-refractivity contribution in [3.8, 4) is 0 Å². The lowest BCUT2D eigenvalue weighted by atomic mass is 9.78. The summed E-state index contributed by atoms with van der Waals surface area (Å²) in [5, 5.41) is 0. The van der Waals surface area contributed by atoms with E-state index in [1.807, 2.05) is 31.2 Å². The first kappa shape index (κ1) is 18.7. The fraction of sp³-hybridized carbons (Fsp3) is 0.600. The number of carbonyl (C=O) groups is 2. The lowest BCUT2D eigenvalue weighted by molar-refractivity contribution is -0.143. The zero-order valence-corrected chi connectivity index (χ0v) is 14.6. The number of benzene rings is 1. The third-order valence-corrected chi connectivity index (χ3v) is 4.90. The molecule has 24 heavy (non-hydrogen) atoms. The highest BCUT2D eigenvalue weighted by atomic mass is 16.5. The van der Waals surface area contributed by atoms with Gasteiger partial charge in [-0.05, 0) is 50.1 Å². The summed E-state index contributed by atoms with van der Waals surface area (Å²) in [6.45, 7) is 3.09. The topological polar surface area (TPSA) is 69.4 Å². The Morgan fingerprint density at radius 1 is 1.12 bits per heavy atom. The standard InChI is InChI=1S/C20H29NO3/c1-2-3-19(22)24-13-12-15-4-8-17(9-5-15)20(23)18-10-6-16(14-21)7-11-18/h4-5,8-9,16,18H,2-3,6-7,10-14,21H2,1H3. The first-order valence-corrected chi connectivity index (χ1v) is 9.12. The fourth-order valence-electron chi connectivity index (χ4n) is 3.29. The van der Waals surface area contributed by atoms with Crippen molar-refractivity contribution in [2.75, 3.05) is 13.2 Å². The third kappa shape index (κ3) is 5.45. The van der Waals surface area contributed by atoms with Gasteiger partial charge in [-0.2, -0.15) is 0 Å². The summed E-state index contributed by atoms with van der Waals surface area (Å²) >= 11 is 0. The molecule has 0 atom stereocenters. The van der Waals surface area contributed by atoms with Crippen molar-refractivity contribution < 1.29 is 14.3 Å². The second kappa shape index (κ2) is 9.58. The maximum atomic E-state index is 12.6. The predicted octanol–water partition coefficient (Wildman–Crippen LogP) is 3.52. The van der Waals surface area contributed by atoms with E-state index in [1.54, 1.807) is 0 Å². The molecule has 1 fully saturated rings. The molecule has 1 aromatic rings. The van der Waals surface area contributed by atoms with Crippen LogP contribution >= 0.6 is 0 Å². The van der Waals surface area contributed by atoms with Gasteiger partial charge in [-0.15, -0.1) is 0 Å². The number of ether oxygens (including phenoxy) is 1. The Bertz CT molecular complexity index is 530. The molecule has 0 amide bonds. The molecule has 0 aromatic heterocycles. The Morgan fingerprint density at radius 3 is 2.38 bits per heavy atom. The van der Waals surface area contributed by atoms with Gasteiger partial charge in [0.25, 0.3) is 0 Å². The fourth-order valence-corrected chi connectivity index (χ4v) is 3.29. The Balaban J connectivity index is 1.81. The van der Waals surface area contributed by atoms with Crippen molar-refractivity contribution in [1.29, 1.82) is 0 Å². The zero-order chi connectivity index (χ0) is 17.4. The van der Waals surface area contributed by atoms with Crippen LogP contribution in [0.1, 0.15) is 61.4 Å². The van der Waals surface area contributed by atoms with E-state index in [2.05, 4.69) is 0 Å². The highest BCUT2D eigenvalue weighted by molar-refractivity contribution is 5.97. The average Bonchev–Trinajstić information content (AvgIpc) is 2.62. The van der Waals surface area contributed by atoms with Crippen molar-refractivity contribution in [2.24, 2.45) is 17.6 Å². The summed E-state index contributed by atoms with van der Waals surface area (Å²) in [6, 6.07) is 7.74.